The van der Waals surface area contributed by atoms with Gasteiger partial charge in [0, 0.05) is 16.3 Å². The zero-order valence-corrected chi connectivity index (χ0v) is 14.5. The first-order valence-electron chi connectivity index (χ1n) is 7.18. The number of benzene rings is 2. The van der Waals surface area contributed by atoms with Crippen LogP contribution in [0, 0.1) is 6.92 Å². The maximum Gasteiger partial charge on any atom is 0.277 e. The van der Waals surface area contributed by atoms with E-state index in [1.54, 1.807) is 36.4 Å². The average molecular weight is 363 g/mol. The van der Waals surface area contributed by atoms with Gasteiger partial charge in [-0.2, -0.15) is 5.10 Å². The number of halogens is 2. The van der Waals surface area contributed by atoms with E-state index in [2.05, 4.69) is 10.5 Å². The van der Waals surface area contributed by atoms with Gasteiger partial charge in [0.25, 0.3) is 5.91 Å². The second-order valence-corrected chi connectivity index (χ2v) is 5.74. The minimum atomic E-state index is -0.355. The molecule has 4 nitrogen and oxygen atoms in total. The second kappa shape index (κ2) is 9.11. The van der Waals surface area contributed by atoms with E-state index in [0.29, 0.717) is 15.8 Å². The van der Waals surface area contributed by atoms with E-state index in [-0.39, 0.29) is 12.5 Å². The number of carbonyl (C=O) groups is 1. The van der Waals surface area contributed by atoms with Gasteiger partial charge in [0.05, 0.1) is 0 Å². The molecule has 0 radical (unpaired) electrons. The first-order chi connectivity index (χ1) is 11.6. The van der Waals surface area contributed by atoms with Crippen LogP contribution in [0.1, 0.15) is 11.1 Å². The van der Waals surface area contributed by atoms with Gasteiger partial charge in [0.15, 0.2) is 6.61 Å². The van der Waals surface area contributed by atoms with Gasteiger partial charge in [-0.1, -0.05) is 47.5 Å². The van der Waals surface area contributed by atoms with Crippen LogP contribution >= 0.6 is 23.2 Å². The summed E-state index contributed by atoms with van der Waals surface area (Å²) in [5.41, 5.74) is 4.12. The average Bonchev–Trinajstić information content (AvgIpc) is 2.55. The van der Waals surface area contributed by atoms with Crippen molar-refractivity contribution in [3.8, 4) is 5.75 Å². The number of carbonyl (C=O) groups excluding carboxylic acids is 1. The number of hydrogen-bond acceptors (Lipinski definition) is 3. The lowest BCUT2D eigenvalue weighted by atomic mass is 10.2. The van der Waals surface area contributed by atoms with Gasteiger partial charge >= 0.3 is 0 Å². The first kappa shape index (κ1) is 18.0. The molecule has 2 aromatic rings. The first-order valence-corrected chi connectivity index (χ1v) is 7.94. The van der Waals surface area contributed by atoms with Gasteiger partial charge in [0.2, 0.25) is 0 Å². The van der Waals surface area contributed by atoms with Crippen molar-refractivity contribution in [3.05, 3.63) is 69.7 Å². The molecule has 124 valence electrons. The quantitative estimate of drug-likeness (QED) is 0.607. The number of allylic oxidation sites excluding steroid dienone is 1. The van der Waals surface area contributed by atoms with Crippen LogP contribution in [-0.4, -0.2) is 18.7 Å². The molecule has 0 saturated heterocycles. The highest BCUT2D eigenvalue weighted by molar-refractivity contribution is 6.32. The summed E-state index contributed by atoms with van der Waals surface area (Å²) in [5, 5.41) is 5.08. The highest BCUT2D eigenvalue weighted by atomic mass is 35.5. The lowest BCUT2D eigenvalue weighted by Gasteiger charge is -2.08. The fraction of sp³-hybridized carbons (Fsp3) is 0.111. The summed E-state index contributed by atoms with van der Waals surface area (Å²) in [4.78, 5) is 11.7. The largest absolute Gasteiger partial charge is 0.483 e. The van der Waals surface area contributed by atoms with Crippen LogP contribution in [0.25, 0.3) is 6.08 Å². The topological polar surface area (TPSA) is 50.7 Å². The summed E-state index contributed by atoms with van der Waals surface area (Å²) in [6, 6.07) is 12.6. The Hall–Kier alpha value is -2.30. The lowest BCUT2D eigenvalue weighted by Crippen LogP contribution is -2.24. The van der Waals surface area contributed by atoms with Crippen molar-refractivity contribution in [2.75, 3.05) is 6.61 Å². The normalized spacial score (nSPS) is 11.1. The second-order valence-electron chi connectivity index (χ2n) is 4.89. The van der Waals surface area contributed by atoms with Crippen molar-refractivity contribution in [1.82, 2.24) is 5.43 Å². The standard InChI is InChI=1S/C18H16Cl2N2O2/c1-13-11-15(19)8-9-17(13)24-12-18(23)22-21-10-4-6-14-5-2-3-7-16(14)20/h2-11H,12H2,1H3,(H,22,23). The van der Waals surface area contributed by atoms with Crippen LogP contribution in [0.2, 0.25) is 10.0 Å². The van der Waals surface area contributed by atoms with Crippen LogP contribution in [0.4, 0.5) is 0 Å². The SMILES string of the molecule is Cc1cc(Cl)ccc1OCC(=O)NN=CC=Cc1ccccc1Cl. The van der Waals surface area contributed by atoms with E-state index < -0.39 is 0 Å². The summed E-state index contributed by atoms with van der Waals surface area (Å²) < 4.78 is 5.42. The van der Waals surface area contributed by atoms with Gasteiger partial charge in [0.1, 0.15) is 5.75 Å². The minimum Gasteiger partial charge on any atom is -0.483 e. The van der Waals surface area contributed by atoms with Crippen molar-refractivity contribution in [2.24, 2.45) is 5.10 Å². The molecule has 0 aliphatic rings. The number of amides is 1. The molecule has 0 bridgehead atoms. The fourth-order valence-electron chi connectivity index (χ4n) is 1.86. The molecule has 2 aromatic carbocycles. The molecule has 0 aromatic heterocycles. The lowest BCUT2D eigenvalue weighted by molar-refractivity contribution is -0.123. The van der Waals surface area contributed by atoms with Gasteiger partial charge in [-0.05, 0) is 48.4 Å². The monoisotopic (exact) mass is 362 g/mol. The molecular weight excluding hydrogens is 347 g/mol. The van der Waals surface area contributed by atoms with Gasteiger partial charge in [-0.15, -0.1) is 0 Å². The van der Waals surface area contributed by atoms with E-state index >= 15 is 0 Å². The van der Waals surface area contributed by atoms with Crippen LogP contribution in [0.5, 0.6) is 5.75 Å². The highest BCUT2D eigenvalue weighted by Crippen LogP contribution is 2.21. The van der Waals surface area contributed by atoms with E-state index in [9.17, 15) is 4.79 Å². The van der Waals surface area contributed by atoms with Crippen molar-refractivity contribution in [1.29, 1.82) is 0 Å². The number of ether oxygens (including phenoxy) is 1. The summed E-state index contributed by atoms with van der Waals surface area (Å²) in [6.45, 7) is 1.73. The molecule has 0 atom stereocenters. The Morgan fingerprint density at radius 1 is 1.25 bits per heavy atom. The van der Waals surface area contributed by atoms with Gasteiger partial charge < -0.3 is 4.74 Å². The number of rotatable bonds is 6. The minimum absolute atomic E-state index is 0.131. The number of aryl methyl sites for hydroxylation is 1. The molecular formula is C18H16Cl2N2O2. The summed E-state index contributed by atoms with van der Waals surface area (Å²) in [5.74, 6) is 0.254. The molecule has 6 heteroatoms. The van der Waals surface area contributed by atoms with Gasteiger partial charge in [-0.3, -0.25) is 4.79 Å². The van der Waals surface area contributed by atoms with Crippen molar-refractivity contribution < 1.29 is 9.53 Å². The Labute approximate surface area is 150 Å². The molecule has 0 aliphatic carbocycles. The van der Waals surface area contributed by atoms with Crippen molar-refractivity contribution in [3.63, 3.8) is 0 Å². The number of nitrogens with zero attached hydrogens (tertiary/aromatic N) is 1. The zero-order chi connectivity index (χ0) is 17.4. The van der Waals surface area contributed by atoms with Gasteiger partial charge in [-0.25, -0.2) is 5.43 Å². The van der Waals surface area contributed by atoms with Crippen molar-refractivity contribution in [2.45, 2.75) is 6.92 Å². The van der Waals surface area contributed by atoms with E-state index in [4.69, 9.17) is 27.9 Å². The van der Waals surface area contributed by atoms with Crippen LogP contribution in [0.3, 0.4) is 0 Å². The molecule has 24 heavy (non-hydrogen) atoms. The molecule has 1 N–H and O–H groups in total. The smallest absolute Gasteiger partial charge is 0.277 e. The molecule has 0 saturated carbocycles. The third-order valence-electron chi connectivity index (χ3n) is 3.03. The van der Waals surface area contributed by atoms with Crippen LogP contribution < -0.4 is 10.2 Å². The molecule has 2 rings (SSSR count). The highest BCUT2D eigenvalue weighted by Gasteiger charge is 2.04. The third-order valence-corrected chi connectivity index (χ3v) is 3.61. The Balaban J connectivity index is 1.77. The Kier molecular flexibility index (Phi) is 6.85. The zero-order valence-electron chi connectivity index (χ0n) is 13.0. The molecule has 0 aliphatic heterocycles. The third kappa shape index (κ3) is 5.72. The van der Waals surface area contributed by atoms with E-state index in [1.807, 2.05) is 25.1 Å². The number of hydrogen-bond donors (Lipinski definition) is 1. The Morgan fingerprint density at radius 2 is 2.04 bits per heavy atom. The molecule has 0 heterocycles. The summed E-state index contributed by atoms with van der Waals surface area (Å²) in [6.07, 6.45) is 4.95. The maximum absolute atomic E-state index is 11.7. The van der Waals surface area contributed by atoms with Crippen LogP contribution in [0.15, 0.2) is 53.6 Å². The molecule has 0 unspecified atom stereocenters. The maximum atomic E-state index is 11.7. The Bertz CT molecular complexity index is 773. The van der Waals surface area contributed by atoms with Crippen LogP contribution in [-0.2, 0) is 4.79 Å². The fourth-order valence-corrected chi connectivity index (χ4v) is 2.28. The Morgan fingerprint density at radius 3 is 2.79 bits per heavy atom. The number of hydrazone groups is 1. The molecule has 0 fully saturated rings. The summed E-state index contributed by atoms with van der Waals surface area (Å²) in [7, 11) is 0. The predicted molar refractivity (Wildman–Crippen MR) is 98.8 cm³/mol. The molecule has 0 spiro atoms. The molecule has 1 amide bonds. The van der Waals surface area contributed by atoms with E-state index in [1.165, 1.54) is 6.21 Å². The predicted octanol–water partition coefficient (Wildman–Crippen LogP) is 4.50. The van der Waals surface area contributed by atoms with E-state index in [0.717, 1.165) is 11.1 Å². The summed E-state index contributed by atoms with van der Waals surface area (Å²) >= 11 is 11.9. The number of nitrogens with one attached hydrogen (secondary N) is 1. The van der Waals surface area contributed by atoms with Crippen molar-refractivity contribution >= 4 is 41.4 Å².